The van der Waals surface area contributed by atoms with Crippen molar-refractivity contribution in [3.8, 4) is 5.75 Å². The van der Waals surface area contributed by atoms with Crippen molar-refractivity contribution in [2.75, 3.05) is 12.9 Å². The van der Waals surface area contributed by atoms with Crippen molar-refractivity contribution in [1.29, 1.82) is 0 Å². The van der Waals surface area contributed by atoms with Gasteiger partial charge in [0.15, 0.2) is 0 Å². The zero-order valence-electron chi connectivity index (χ0n) is 13.8. The quantitative estimate of drug-likeness (QED) is 0.838. The first-order valence-electron chi connectivity index (χ1n) is 8.17. The number of nitrogens with one attached hydrogen (secondary N) is 2. The van der Waals surface area contributed by atoms with Gasteiger partial charge in [-0.25, -0.2) is 4.79 Å². The Balaban J connectivity index is 1.81. The van der Waals surface area contributed by atoms with Crippen molar-refractivity contribution in [2.45, 2.75) is 50.4 Å². The molecule has 1 saturated carbocycles. The van der Waals surface area contributed by atoms with Crippen LogP contribution in [0, 0.1) is 0 Å². The molecule has 0 saturated heterocycles. The molecule has 5 nitrogen and oxygen atoms in total. The van der Waals surface area contributed by atoms with E-state index in [0.717, 1.165) is 37.0 Å². The average molecular weight is 338 g/mol. The SMILES string of the molecule is CC[S@](=O)[C@H]1CCC[C@@H](NC(=O)NCc2ccccc2OC)C1. The highest BCUT2D eigenvalue weighted by Gasteiger charge is 2.26. The molecule has 1 aliphatic carbocycles. The van der Waals surface area contributed by atoms with Gasteiger partial charge in [-0.3, -0.25) is 4.21 Å². The summed E-state index contributed by atoms with van der Waals surface area (Å²) in [5.41, 5.74) is 0.943. The van der Waals surface area contributed by atoms with Gasteiger partial charge in [-0.05, 0) is 25.3 Å². The maximum atomic E-state index is 12.1. The topological polar surface area (TPSA) is 67.4 Å². The molecule has 2 rings (SSSR count). The van der Waals surface area contributed by atoms with E-state index in [1.807, 2.05) is 31.2 Å². The number of carbonyl (C=O) groups is 1. The van der Waals surface area contributed by atoms with Gasteiger partial charge in [0.05, 0.1) is 7.11 Å². The Morgan fingerprint density at radius 2 is 2.13 bits per heavy atom. The number of hydrogen-bond donors (Lipinski definition) is 2. The van der Waals surface area contributed by atoms with Crippen molar-refractivity contribution in [3.63, 3.8) is 0 Å². The van der Waals surface area contributed by atoms with Crippen LogP contribution in [-0.2, 0) is 17.3 Å². The second-order valence-electron chi connectivity index (χ2n) is 5.79. The van der Waals surface area contributed by atoms with Gasteiger partial charge in [-0.1, -0.05) is 31.5 Å². The number of methoxy groups -OCH3 is 1. The van der Waals surface area contributed by atoms with Crippen molar-refractivity contribution in [1.82, 2.24) is 10.6 Å². The number of benzene rings is 1. The van der Waals surface area contributed by atoms with Crippen LogP contribution in [0.1, 0.15) is 38.2 Å². The number of hydrogen-bond acceptors (Lipinski definition) is 3. The van der Waals surface area contributed by atoms with Gasteiger partial charge in [-0.15, -0.1) is 0 Å². The third-order valence-electron chi connectivity index (χ3n) is 4.25. The maximum absolute atomic E-state index is 12.1. The summed E-state index contributed by atoms with van der Waals surface area (Å²) >= 11 is 0. The van der Waals surface area contributed by atoms with Gasteiger partial charge < -0.3 is 15.4 Å². The van der Waals surface area contributed by atoms with Gasteiger partial charge in [-0.2, -0.15) is 0 Å². The molecule has 0 heterocycles. The van der Waals surface area contributed by atoms with Crippen molar-refractivity contribution in [2.24, 2.45) is 0 Å². The molecule has 1 fully saturated rings. The van der Waals surface area contributed by atoms with Crippen LogP contribution in [0.25, 0.3) is 0 Å². The Morgan fingerprint density at radius 3 is 2.87 bits per heavy atom. The molecule has 0 bridgehead atoms. The minimum atomic E-state index is -0.775. The van der Waals surface area contributed by atoms with E-state index < -0.39 is 10.8 Å². The molecule has 0 aromatic heterocycles. The third kappa shape index (κ3) is 5.23. The largest absolute Gasteiger partial charge is 0.496 e. The Hall–Kier alpha value is -1.56. The molecular formula is C17H26N2O3S. The number of rotatable bonds is 6. The lowest BCUT2D eigenvalue weighted by atomic mass is 9.95. The first kappa shape index (κ1) is 17.8. The van der Waals surface area contributed by atoms with Crippen LogP contribution in [0.2, 0.25) is 0 Å². The van der Waals surface area contributed by atoms with Crippen molar-refractivity contribution < 1.29 is 13.7 Å². The lowest BCUT2D eigenvalue weighted by Crippen LogP contribution is -2.45. The summed E-state index contributed by atoms with van der Waals surface area (Å²) in [6, 6.07) is 7.56. The standard InChI is InChI=1S/C17H26N2O3S/c1-3-23(21)15-9-6-8-14(11-15)19-17(20)18-12-13-7-4-5-10-16(13)22-2/h4-5,7,10,14-15H,3,6,8-9,11-12H2,1-2H3,(H2,18,19,20)/t14-,15+,23+/m1/s1. The number of carbonyl (C=O) groups excluding carboxylic acids is 1. The number of ether oxygens (including phenoxy) is 1. The van der Waals surface area contributed by atoms with E-state index >= 15 is 0 Å². The molecule has 128 valence electrons. The van der Waals surface area contributed by atoms with Gasteiger partial charge in [0.2, 0.25) is 0 Å². The predicted molar refractivity (Wildman–Crippen MR) is 93.1 cm³/mol. The molecule has 1 aromatic rings. The van der Waals surface area contributed by atoms with Crippen LogP contribution in [0.4, 0.5) is 4.79 Å². The summed E-state index contributed by atoms with van der Waals surface area (Å²) in [5.74, 6) is 1.46. The monoisotopic (exact) mass is 338 g/mol. The second kappa shape index (κ2) is 8.91. The fourth-order valence-electron chi connectivity index (χ4n) is 3.01. The van der Waals surface area contributed by atoms with E-state index in [-0.39, 0.29) is 17.3 Å². The molecule has 23 heavy (non-hydrogen) atoms. The third-order valence-corrected chi connectivity index (χ3v) is 5.99. The van der Waals surface area contributed by atoms with E-state index in [2.05, 4.69) is 10.6 Å². The summed E-state index contributed by atoms with van der Waals surface area (Å²) in [7, 11) is 0.845. The van der Waals surface area contributed by atoms with Gasteiger partial charge in [0.25, 0.3) is 0 Å². The normalized spacial score (nSPS) is 22.2. The van der Waals surface area contributed by atoms with E-state index in [9.17, 15) is 9.00 Å². The zero-order chi connectivity index (χ0) is 16.7. The lowest BCUT2D eigenvalue weighted by molar-refractivity contribution is 0.232. The predicted octanol–water partition coefficient (Wildman–Crippen LogP) is 2.57. The van der Waals surface area contributed by atoms with E-state index in [4.69, 9.17) is 4.74 Å². The maximum Gasteiger partial charge on any atom is 0.315 e. The molecule has 2 N–H and O–H groups in total. The van der Waals surface area contributed by atoms with Crippen molar-refractivity contribution >= 4 is 16.8 Å². The summed E-state index contributed by atoms with van der Waals surface area (Å²) < 4.78 is 17.2. The van der Waals surface area contributed by atoms with Crippen LogP contribution in [0.3, 0.4) is 0 Å². The lowest BCUT2D eigenvalue weighted by Gasteiger charge is -2.29. The van der Waals surface area contributed by atoms with Gasteiger partial charge in [0, 0.05) is 40.0 Å². The molecule has 0 aliphatic heterocycles. The molecule has 0 radical (unpaired) electrons. The minimum Gasteiger partial charge on any atom is -0.496 e. The Morgan fingerprint density at radius 1 is 1.35 bits per heavy atom. The number of urea groups is 1. The summed E-state index contributed by atoms with van der Waals surface area (Å²) in [5, 5.41) is 6.10. The smallest absolute Gasteiger partial charge is 0.315 e. The molecule has 0 spiro atoms. The highest BCUT2D eigenvalue weighted by Crippen LogP contribution is 2.23. The van der Waals surface area contributed by atoms with Crippen LogP contribution in [0.15, 0.2) is 24.3 Å². The summed E-state index contributed by atoms with van der Waals surface area (Å²) in [6.45, 7) is 2.37. The van der Waals surface area contributed by atoms with Crippen LogP contribution in [-0.4, -0.2) is 34.4 Å². The Bertz CT molecular complexity index is 550. The molecule has 3 atom stereocenters. The van der Waals surface area contributed by atoms with Crippen LogP contribution < -0.4 is 15.4 Å². The second-order valence-corrected chi connectivity index (χ2v) is 7.80. The van der Waals surface area contributed by atoms with E-state index in [1.165, 1.54) is 0 Å². The Labute approximate surface area is 140 Å². The van der Waals surface area contributed by atoms with E-state index in [0.29, 0.717) is 12.3 Å². The molecular weight excluding hydrogens is 312 g/mol. The fourth-order valence-corrected chi connectivity index (χ4v) is 4.36. The summed E-state index contributed by atoms with van der Waals surface area (Å²) in [4.78, 5) is 12.1. The molecule has 6 heteroatoms. The van der Waals surface area contributed by atoms with Crippen LogP contribution in [0.5, 0.6) is 5.75 Å². The molecule has 2 amide bonds. The first-order chi connectivity index (χ1) is 11.1. The Kier molecular flexibility index (Phi) is 6.89. The van der Waals surface area contributed by atoms with Gasteiger partial charge in [0.1, 0.15) is 5.75 Å². The fraction of sp³-hybridized carbons (Fsp3) is 0.588. The molecule has 1 aromatic carbocycles. The van der Waals surface area contributed by atoms with E-state index in [1.54, 1.807) is 7.11 Å². The van der Waals surface area contributed by atoms with Crippen molar-refractivity contribution in [3.05, 3.63) is 29.8 Å². The zero-order valence-corrected chi connectivity index (χ0v) is 14.7. The van der Waals surface area contributed by atoms with Crippen LogP contribution >= 0.6 is 0 Å². The molecule has 0 unspecified atom stereocenters. The minimum absolute atomic E-state index is 0.113. The summed E-state index contributed by atoms with van der Waals surface area (Å²) in [6.07, 6.45) is 3.79. The highest BCUT2D eigenvalue weighted by atomic mass is 32.2. The average Bonchev–Trinajstić information content (AvgIpc) is 2.59. The number of para-hydroxylation sites is 1. The first-order valence-corrected chi connectivity index (χ1v) is 9.55. The number of amides is 2. The molecule has 1 aliphatic rings. The van der Waals surface area contributed by atoms with Gasteiger partial charge >= 0.3 is 6.03 Å². The highest BCUT2D eigenvalue weighted by molar-refractivity contribution is 7.85.